The zero-order valence-corrected chi connectivity index (χ0v) is 17.6. The lowest BCUT2D eigenvalue weighted by Gasteiger charge is -2.28. The van der Waals surface area contributed by atoms with Crippen LogP contribution in [0.4, 0.5) is 0 Å². The summed E-state index contributed by atoms with van der Waals surface area (Å²) in [6.07, 6.45) is 0. The van der Waals surface area contributed by atoms with Crippen molar-refractivity contribution < 1.29 is 23.9 Å². The zero-order chi connectivity index (χ0) is 20.8. The summed E-state index contributed by atoms with van der Waals surface area (Å²) >= 11 is 1.33. The number of nitrogens with one attached hydrogen (secondary N) is 1. The largest absolute Gasteiger partial charge is 0.461 e. The van der Waals surface area contributed by atoms with Crippen LogP contribution >= 0.6 is 11.3 Å². The number of rotatable bonds is 9. The van der Waals surface area contributed by atoms with Crippen LogP contribution in [-0.2, 0) is 9.47 Å². The van der Waals surface area contributed by atoms with Gasteiger partial charge in [-0.05, 0) is 44.7 Å². The van der Waals surface area contributed by atoms with Crippen LogP contribution in [0.5, 0.6) is 0 Å². The standard InChI is InChI=1S/C20H26N2O5S/c1-6-27-20(25)17-12(2)16(13(3)21-17)18(23)14(4)22(9-10-26-5)19(24)15-8-7-11-28-15/h7-8,11,14,21H,6,9-10H2,1-5H3/t14-/m0/s1. The third-order valence-electron chi connectivity index (χ3n) is 4.54. The number of aromatic nitrogens is 1. The van der Waals surface area contributed by atoms with Gasteiger partial charge in [0.25, 0.3) is 5.91 Å². The van der Waals surface area contributed by atoms with Crippen molar-refractivity contribution in [2.24, 2.45) is 0 Å². The van der Waals surface area contributed by atoms with Crippen LogP contribution in [-0.4, -0.2) is 60.5 Å². The number of Topliss-reactive ketones (excluding diaryl/α,β-unsaturated/α-hetero) is 1. The van der Waals surface area contributed by atoms with Gasteiger partial charge in [0.1, 0.15) is 5.69 Å². The van der Waals surface area contributed by atoms with Crippen molar-refractivity contribution in [2.45, 2.75) is 33.7 Å². The van der Waals surface area contributed by atoms with E-state index < -0.39 is 12.0 Å². The highest BCUT2D eigenvalue weighted by Crippen LogP contribution is 2.23. The lowest BCUT2D eigenvalue weighted by Crippen LogP contribution is -2.45. The Morgan fingerprint density at radius 2 is 2.00 bits per heavy atom. The normalized spacial score (nSPS) is 11.9. The molecule has 1 N–H and O–H groups in total. The molecule has 0 aliphatic carbocycles. The minimum Gasteiger partial charge on any atom is -0.461 e. The monoisotopic (exact) mass is 406 g/mol. The number of carbonyl (C=O) groups excluding carboxylic acids is 3. The second kappa shape index (κ2) is 9.66. The summed E-state index contributed by atoms with van der Waals surface area (Å²) in [5, 5.41) is 1.82. The van der Waals surface area contributed by atoms with Gasteiger partial charge in [-0.3, -0.25) is 9.59 Å². The smallest absolute Gasteiger partial charge is 0.355 e. The number of aryl methyl sites for hydroxylation is 1. The number of hydrogen-bond acceptors (Lipinski definition) is 6. The maximum Gasteiger partial charge on any atom is 0.355 e. The van der Waals surface area contributed by atoms with E-state index in [0.717, 1.165) is 0 Å². The summed E-state index contributed by atoms with van der Waals surface area (Å²) in [7, 11) is 1.55. The molecule has 2 aromatic heterocycles. The van der Waals surface area contributed by atoms with Gasteiger partial charge in [-0.15, -0.1) is 11.3 Å². The lowest BCUT2D eigenvalue weighted by molar-refractivity contribution is 0.0518. The van der Waals surface area contributed by atoms with Crippen LogP contribution in [0.15, 0.2) is 17.5 Å². The molecule has 0 aliphatic heterocycles. The summed E-state index contributed by atoms with van der Waals surface area (Å²) in [4.78, 5) is 43.3. The van der Waals surface area contributed by atoms with Gasteiger partial charge >= 0.3 is 5.97 Å². The zero-order valence-electron chi connectivity index (χ0n) is 16.8. The molecule has 0 spiro atoms. The molecule has 0 unspecified atom stereocenters. The Kier molecular flexibility index (Phi) is 7.53. The highest BCUT2D eigenvalue weighted by atomic mass is 32.1. The van der Waals surface area contributed by atoms with Crippen LogP contribution in [0.3, 0.4) is 0 Å². The van der Waals surface area contributed by atoms with Crippen molar-refractivity contribution in [2.75, 3.05) is 26.9 Å². The number of methoxy groups -OCH3 is 1. The minimum absolute atomic E-state index is 0.218. The molecule has 1 amide bonds. The van der Waals surface area contributed by atoms with Gasteiger partial charge in [-0.2, -0.15) is 0 Å². The number of esters is 1. The van der Waals surface area contributed by atoms with Crippen molar-refractivity contribution in [3.8, 4) is 0 Å². The van der Waals surface area contributed by atoms with Crippen LogP contribution in [0.25, 0.3) is 0 Å². The number of carbonyl (C=O) groups is 3. The molecule has 8 heteroatoms. The number of ketones is 1. The van der Waals surface area contributed by atoms with E-state index in [2.05, 4.69) is 4.98 Å². The Hall–Kier alpha value is -2.45. The quantitative estimate of drug-likeness (QED) is 0.510. The van der Waals surface area contributed by atoms with Crippen LogP contribution in [0.2, 0.25) is 0 Å². The van der Waals surface area contributed by atoms with Crippen molar-refractivity contribution in [1.29, 1.82) is 0 Å². The molecule has 0 bridgehead atoms. The number of thiophene rings is 1. The Bertz CT molecular complexity index is 841. The predicted molar refractivity (Wildman–Crippen MR) is 107 cm³/mol. The molecule has 0 fully saturated rings. The SMILES string of the molecule is CCOC(=O)c1[nH]c(C)c(C(=O)[C@H](C)N(CCOC)C(=O)c2cccs2)c1C. The maximum absolute atomic E-state index is 13.3. The van der Waals surface area contributed by atoms with Crippen LogP contribution < -0.4 is 0 Å². The number of hydrogen-bond donors (Lipinski definition) is 1. The summed E-state index contributed by atoms with van der Waals surface area (Å²) < 4.78 is 10.2. The second-order valence-corrected chi connectivity index (χ2v) is 7.30. The number of aromatic amines is 1. The predicted octanol–water partition coefficient (Wildman–Crippen LogP) is 3.23. The summed E-state index contributed by atoms with van der Waals surface area (Å²) in [5.41, 5.74) is 1.79. The molecule has 2 aromatic rings. The number of ether oxygens (including phenoxy) is 2. The molecule has 0 aromatic carbocycles. The van der Waals surface area contributed by atoms with E-state index in [0.29, 0.717) is 28.3 Å². The fourth-order valence-corrected chi connectivity index (χ4v) is 3.76. The Labute approximate surface area is 168 Å². The first-order valence-electron chi connectivity index (χ1n) is 9.07. The average Bonchev–Trinajstić information content (AvgIpc) is 3.29. The first-order chi connectivity index (χ1) is 13.3. The molecular formula is C20H26N2O5S. The summed E-state index contributed by atoms with van der Waals surface area (Å²) in [5.74, 6) is -0.951. The van der Waals surface area contributed by atoms with E-state index in [1.165, 1.54) is 16.2 Å². The van der Waals surface area contributed by atoms with E-state index in [1.807, 2.05) is 5.38 Å². The topological polar surface area (TPSA) is 88.7 Å². The number of amides is 1. The second-order valence-electron chi connectivity index (χ2n) is 6.35. The first-order valence-corrected chi connectivity index (χ1v) is 9.95. The van der Waals surface area contributed by atoms with Crippen LogP contribution in [0, 0.1) is 13.8 Å². The molecule has 7 nitrogen and oxygen atoms in total. The van der Waals surface area contributed by atoms with Crippen LogP contribution in [0.1, 0.15) is 55.6 Å². The molecule has 0 radical (unpaired) electrons. The molecule has 0 saturated heterocycles. The van der Waals surface area contributed by atoms with Gasteiger partial charge in [0.2, 0.25) is 0 Å². The fraction of sp³-hybridized carbons (Fsp3) is 0.450. The Balaban J connectivity index is 2.34. The summed E-state index contributed by atoms with van der Waals surface area (Å²) in [6, 6.07) is 2.81. The van der Waals surface area contributed by atoms with Gasteiger partial charge in [-0.25, -0.2) is 4.79 Å². The molecular weight excluding hydrogens is 380 g/mol. The fourth-order valence-electron chi connectivity index (χ4n) is 3.08. The van der Waals surface area contributed by atoms with E-state index in [4.69, 9.17) is 9.47 Å². The van der Waals surface area contributed by atoms with E-state index in [-0.39, 0.29) is 30.5 Å². The average molecular weight is 407 g/mol. The Morgan fingerprint density at radius 1 is 1.29 bits per heavy atom. The third kappa shape index (κ3) is 4.51. The highest BCUT2D eigenvalue weighted by molar-refractivity contribution is 7.12. The molecule has 0 saturated carbocycles. The summed E-state index contributed by atoms with van der Waals surface area (Å²) in [6.45, 7) is 7.70. The van der Waals surface area contributed by atoms with E-state index in [9.17, 15) is 14.4 Å². The molecule has 2 rings (SSSR count). The van der Waals surface area contributed by atoms with Gasteiger partial charge < -0.3 is 19.4 Å². The Morgan fingerprint density at radius 3 is 2.57 bits per heavy atom. The maximum atomic E-state index is 13.3. The molecule has 0 aliphatic rings. The molecule has 28 heavy (non-hydrogen) atoms. The van der Waals surface area contributed by atoms with Crippen molar-refractivity contribution in [1.82, 2.24) is 9.88 Å². The molecule has 152 valence electrons. The van der Waals surface area contributed by atoms with Crippen molar-refractivity contribution >= 4 is 29.0 Å². The number of H-pyrrole nitrogens is 1. The van der Waals surface area contributed by atoms with Gasteiger partial charge in [-0.1, -0.05) is 6.07 Å². The number of nitrogens with zero attached hydrogens (tertiary/aromatic N) is 1. The third-order valence-corrected chi connectivity index (χ3v) is 5.40. The van der Waals surface area contributed by atoms with Gasteiger partial charge in [0, 0.05) is 24.9 Å². The van der Waals surface area contributed by atoms with E-state index >= 15 is 0 Å². The van der Waals surface area contributed by atoms with Crippen molar-refractivity contribution in [3.63, 3.8) is 0 Å². The molecule has 2 heterocycles. The van der Waals surface area contributed by atoms with Crippen molar-refractivity contribution in [3.05, 3.63) is 44.9 Å². The first kappa shape index (κ1) is 21.8. The van der Waals surface area contributed by atoms with E-state index in [1.54, 1.807) is 46.9 Å². The lowest BCUT2D eigenvalue weighted by atomic mass is 9.99. The highest BCUT2D eigenvalue weighted by Gasteiger charge is 2.31. The minimum atomic E-state index is -0.715. The van der Waals surface area contributed by atoms with Gasteiger partial charge in [0.05, 0.1) is 24.1 Å². The van der Waals surface area contributed by atoms with Gasteiger partial charge in [0.15, 0.2) is 5.78 Å². The molecule has 1 atom stereocenters.